The first-order chi connectivity index (χ1) is 13.4. The third-order valence-electron chi connectivity index (χ3n) is 4.34. The average molecular weight is 455 g/mol. The van der Waals surface area contributed by atoms with Crippen molar-refractivity contribution in [1.29, 1.82) is 0 Å². The van der Waals surface area contributed by atoms with E-state index in [-0.39, 0.29) is 35.7 Å². The second-order valence-corrected chi connectivity index (χ2v) is 8.27. The number of benzene rings is 2. The lowest BCUT2D eigenvalue weighted by Crippen LogP contribution is -2.38. The van der Waals surface area contributed by atoms with Crippen molar-refractivity contribution < 1.29 is 35.2 Å². The number of hydrogen-bond donors (Lipinski definition) is 1. The second-order valence-electron chi connectivity index (χ2n) is 6.18. The standard InChI is InChI=1S/C17H12ClF5N2O3S/c18-11-3-1-2-9(15(11)24-29(27,28)17(21,22)23)8-25-7-6-10-12(19)4-5-13(20)14(10)16(25)26/h1-5,24H,6-8H2. The Morgan fingerprint density at radius 3 is 2.41 bits per heavy atom. The predicted octanol–water partition coefficient (Wildman–Crippen LogP) is 4.08. The number of rotatable bonds is 4. The fraction of sp³-hybridized carbons (Fsp3) is 0.235. The minimum absolute atomic E-state index is 0.0190. The van der Waals surface area contributed by atoms with Crippen LogP contribution in [0.4, 0.5) is 27.6 Å². The van der Waals surface area contributed by atoms with E-state index in [9.17, 15) is 35.2 Å². The zero-order valence-electron chi connectivity index (χ0n) is 14.4. The molecule has 2 aromatic rings. The Labute approximate surface area is 167 Å². The van der Waals surface area contributed by atoms with Crippen LogP contribution in [0, 0.1) is 11.6 Å². The van der Waals surface area contributed by atoms with Gasteiger partial charge in [-0.15, -0.1) is 0 Å². The highest BCUT2D eigenvalue weighted by atomic mass is 35.5. The predicted molar refractivity (Wildman–Crippen MR) is 94.9 cm³/mol. The molecule has 1 aliphatic heterocycles. The van der Waals surface area contributed by atoms with E-state index in [0.29, 0.717) is 0 Å². The highest BCUT2D eigenvalue weighted by molar-refractivity contribution is 7.93. The van der Waals surface area contributed by atoms with Gasteiger partial charge >= 0.3 is 15.5 Å². The minimum atomic E-state index is -5.76. The van der Waals surface area contributed by atoms with Gasteiger partial charge in [0.05, 0.1) is 16.3 Å². The van der Waals surface area contributed by atoms with E-state index < -0.39 is 44.3 Å². The number of sulfonamides is 1. The molecule has 12 heteroatoms. The molecule has 0 radical (unpaired) electrons. The molecular formula is C17H12ClF5N2O3S. The lowest BCUT2D eigenvalue weighted by Gasteiger charge is -2.30. The van der Waals surface area contributed by atoms with Gasteiger partial charge in [0.15, 0.2) is 0 Å². The third kappa shape index (κ3) is 4.01. The summed E-state index contributed by atoms with van der Waals surface area (Å²) >= 11 is 5.86. The number of para-hydroxylation sites is 1. The largest absolute Gasteiger partial charge is 0.516 e. The quantitative estimate of drug-likeness (QED) is 0.708. The zero-order chi connectivity index (χ0) is 21.6. The molecule has 29 heavy (non-hydrogen) atoms. The van der Waals surface area contributed by atoms with Crippen molar-refractivity contribution in [1.82, 2.24) is 4.90 Å². The summed E-state index contributed by atoms with van der Waals surface area (Å²) in [6.07, 6.45) is -0.0190. The van der Waals surface area contributed by atoms with Crippen LogP contribution in [-0.4, -0.2) is 31.3 Å². The molecule has 1 aliphatic rings. The van der Waals surface area contributed by atoms with E-state index in [1.165, 1.54) is 22.9 Å². The van der Waals surface area contributed by atoms with Crippen molar-refractivity contribution in [2.24, 2.45) is 0 Å². The van der Waals surface area contributed by atoms with E-state index in [4.69, 9.17) is 11.6 Å². The van der Waals surface area contributed by atoms with Crippen LogP contribution in [0.15, 0.2) is 30.3 Å². The molecule has 3 rings (SSSR count). The summed E-state index contributed by atoms with van der Waals surface area (Å²) in [4.78, 5) is 13.7. The number of fused-ring (bicyclic) bond motifs is 1. The van der Waals surface area contributed by atoms with Gasteiger partial charge in [-0.2, -0.15) is 21.6 Å². The number of nitrogens with zero attached hydrogens (tertiary/aromatic N) is 1. The van der Waals surface area contributed by atoms with Gasteiger partial charge in [-0.3, -0.25) is 9.52 Å². The lowest BCUT2D eigenvalue weighted by atomic mass is 9.97. The van der Waals surface area contributed by atoms with Gasteiger partial charge in [0, 0.05) is 18.7 Å². The molecule has 1 N–H and O–H groups in total. The number of carbonyl (C=O) groups excluding carboxylic acids is 1. The Hall–Kier alpha value is -2.40. The monoisotopic (exact) mass is 454 g/mol. The summed E-state index contributed by atoms with van der Waals surface area (Å²) in [6.45, 7) is -0.422. The lowest BCUT2D eigenvalue weighted by molar-refractivity contribution is -0.0429. The van der Waals surface area contributed by atoms with E-state index >= 15 is 0 Å². The van der Waals surface area contributed by atoms with Crippen molar-refractivity contribution >= 4 is 33.2 Å². The summed E-state index contributed by atoms with van der Waals surface area (Å²) in [5, 5.41) is -0.322. The summed E-state index contributed by atoms with van der Waals surface area (Å²) < 4.78 is 90.4. The smallest absolute Gasteiger partial charge is 0.334 e. The molecule has 2 aromatic carbocycles. The maximum Gasteiger partial charge on any atom is 0.516 e. The Morgan fingerprint density at radius 2 is 1.76 bits per heavy atom. The third-order valence-corrected chi connectivity index (χ3v) is 5.74. The minimum Gasteiger partial charge on any atom is -0.334 e. The van der Waals surface area contributed by atoms with Crippen LogP contribution in [0.2, 0.25) is 5.02 Å². The maximum atomic E-state index is 14.1. The average Bonchev–Trinajstić information content (AvgIpc) is 2.62. The molecule has 1 heterocycles. The number of nitrogens with one attached hydrogen (secondary N) is 1. The van der Waals surface area contributed by atoms with Crippen LogP contribution in [0.1, 0.15) is 21.5 Å². The number of carbonyl (C=O) groups is 1. The van der Waals surface area contributed by atoms with E-state index in [1.54, 1.807) is 0 Å². The maximum absolute atomic E-state index is 14.1. The van der Waals surface area contributed by atoms with Gasteiger partial charge in [0.2, 0.25) is 0 Å². The Balaban J connectivity index is 1.95. The van der Waals surface area contributed by atoms with Gasteiger partial charge in [-0.05, 0) is 30.2 Å². The zero-order valence-corrected chi connectivity index (χ0v) is 15.9. The van der Waals surface area contributed by atoms with Crippen molar-refractivity contribution in [2.75, 3.05) is 11.3 Å². The normalized spacial score (nSPS) is 14.7. The van der Waals surface area contributed by atoms with Gasteiger partial charge in [-0.1, -0.05) is 23.7 Å². The van der Waals surface area contributed by atoms with Crippen LogP contribution in [0.3, 0.4) is 0 Å². The second kappa shape index (κ2) is 7.45. The molecule has 0 saturated heterocycles. The molecule has 0 bridgehead atoms. The van der Waals surface area contributed by atoms with Crippen LogP contribution >= 0.6 is 11.6 Å². The molecule has 5 nitrogen and oxygen atoms in total. The summed E-state index contributed by atoms with van der Waals surface area (Å²) in [6, 6.07) is 5.49. The van der Waals surface area contributed by atoms with Crippen LogP contribution in [0.5, 0.6) is 0 Å². The number of anilines is 1. The molecule has 0 atom stereocenters. The van der Waals surface area contributed by atoms with Gasteiger partial charge < -0.3 is 4.90 Å². The molecule has 1 amide bonds. The van der Waals surface area contributed by atoms with Crippen molar-refractivity contribution in [2.45, 2.75) is 18.5 Å². The molecule has 0 aromatic heterocycles. The van der Waals surface area contributed by atoms with Crippen molar-refractivity contribution in [3.05, 3.63) is 63.7 Å². The highest BCUT2D eigenvalue weighted by Crippen LogP contribution is 2.33. The molecule has 0 spiro atoms. The summed E-state index contributed by atoms with van der Waals surface area (Å²) in [5.41, 5.74) is -6.72. The molecule has 156 valence electrons. The topological polar surface area (TPSA) is 66.5 Å². The molecular weight excluding hydrogens is 443 g/mol. The number of hydrogen-bond acceptors (Lipinski definition) is 3. The van der Waals surface area contributed by atoms with Gasteiger partial charge in [0.1, 0.15) is 11.6 Å². The van der Waals surface area contributed by atoms with Crippen LogP contribution in [-0.2, 0) is 23.0 Å². The Bertz CT molecular complexity index is 1090. The van der Waals surface area contributed by atoms with E-state index in [0.717, 1.165) is 17.0 Å². The van der Waals surface area contributed by atoms with Crippen LogP contribution in [0.25, 0.3) is 0 Å². The number of alkyl halides is 3. The SMILES string of the molecule is O=C1c2c(F)ccc(F)c2CCN1Cc1cccc(Cl)c1NS(=O)(=O)C(F)(F)F. The Kier molecular flexibility index (Phi) is 5.48. The molecule has 0 unspecified atom stereocenters. The van der Waals surface area contributed by atoms with E-state index in [2.05, 4.69) is 0 Å². The van der Waals surface area contributed by atoms with Gasteiger partial charge in [-0.25, -0.2) is 8.78 Å². The number of halogens is 6. The fourth-order valence-electron chi connectivity index (χ4n) is 2.94. The first-order valence-electron chi connectivity index (χ1n) is 8.05. The fourth-order valence-corrected chi connectivity index (χ4v) is 3.86. The first-order valence-corrected chi connectivity index (χ1v) is 9.91. The molecule has 0 saturated carbocycles. The summed E-state index contributed by atoms with van der Waals surface area (Å²) in [5.74, 6) is -2.54. The first kappa shape index (κ1) is 21.3. The summed E-state index contributed by atoms with van der Waals surface area (Å²) in [7, 11) is -5.76. The van der Waals surface area contributed by atoms with Crippen molar-refractivity contribution in [3.8, 4) is 0 Å². The van der Waals surface area contributed by atoms with Crippen LogP contribution < -0.4 is 4.72 Å². The molecule has 0 fully saturated rings. The van der Waals surface area contributed by atoms with Gasteiger partial charge in [0.25, 0.3) is 5.91 Å². The number of amides is 1. The molecule has 0 aliphatic carbocycles. The highest BCUT2D eigenvalue weighted by Gasteiger charge is 2.46. The van der Waals surface area contributed by atoms with E-state index in [1.807, 2.05) is 0 Å². The Morgan fingerprint density at radius 1 is 1.10 bits per heavy atom. The van der Waals surface area contributed by atoms with Crippen molar-refractivity contribution in [3.63, 3.8) is 0 Å².